The molecule has 0 atom stereocenters. The van der Waals surface area contributed by atoms with Gasteiger partial charge in [0.25, 0.3) is 5.91 Å². The van der Waals surface area contributed by atoms with Gasteiger partial charge in [-0.2, -0.15) is 0 Å². The van der Waals surface area contributed by atoms with Gasteiger partial charge in [0.05, 0.1) is 17.9 Å². The number of anilines is 1. The van der Waals surface area contributed by atoms with Crippen LogP contribution in [0.1, 0.15) is 42.3 Å². The monoisotopic (exact) mass is 349 g/mol. The van der Waals surface area contributed by atoms with Crippen molar-refractivity contribution in [3.63, 3.8) is 0 Å². The minimum atomic E-state index is -0.444. The van der Waals surface area contributed by atoms with Crippen LogP contribution in [0.2, 0.25) is 0 Å². The molecule has 0 saturated carbocycles. The molecule has 0 aliphatic carbocycles. The first-order chi connectivity index (χ1) is 12.5. The first-order valence-corrected chi connectivity index (χ1v) is 8.38. The number of benzene rings is 2. The van der Waals surface area contributed by atoms with Crippen LogP contribution in [0.3, 0.4) is 0 Å². The van der Waals surface area contributed by atoms with Crippen LogP contribution in [0.25, 0.3) is 11.3 Å². The summed E-state index contributed by atoms with van der Waals surface area (Å²) >= 11 is 0. The van der Waals surface area contributed by atoms with Crippen molar-refractivity contribution in [3.05, 3.63) is 65.2 Å². The summed E-state index contributed by atoms with van der Waals surface area (Å²) < 4.78 is 5.80. The second-order valence-corrected chi connectivity index (χ2v) is 5.95. The Hall–Kier alpha value is -3.21. The summed E-state index contributed by atoms with van der Waals surface area (Å²) in [5.74, 6) is -0.534. The second kappa shape index (κ2) is 6.96. The largest absolute Gasteiger partial charge is 0.492 e. The van der Waals surface area contributed by atoms with E-state index >= 15 is 0 Å². The maximum Gasteiger partial charge on any atom is 0.269 e. The summed E-state index contributed by atoms with van der Waals surface area (Å²) in [7, 11) is 0. The van der Waals surface area contributed by atoms with Gasteiger partial charge in [-0.1, -0.05) is 30.3 Å². The fourth-order valence-electron chi connectivity index (χ4n) is 3.05. The van der Waals surface area contributed by atoms with Crippen molar-refractivity contribution in [2.45, 2.75) is 20.8 Å². The highest BCUT2D eigenvalue weighted by atomic mass is 16.5. The van der Waals surface area contributed by atoms with Gasteiger partial charge in [0.15, 0.2) is 5.78 Å². The fourth-order valence-corrected chi connectivity index (χ4v) is 3.05. The molecule has 0 saturated heterocycles. The Morgan fingerprint density at radius 1 is 1.00 bits per heavy atom. The van der Waals surface area contributed by atoms with Crippen LogP contribution in [0.4, 0.5) is 5.69 Å². The molecule has 5 heteroatoms. The normalized spacial score (nSPS) is 14.9. The van der Waals surface area contributed by atoms with Gasteiger partial charge in [-0.25, -0.2) is 4.90 Å². The number of Topliss-reactive ketones (excluding diaryl/α,β-unsaturated/α-hetero) is 1. The number of amides is 2. The van der Waals surface area contributed by atoms with Gasteiger partial charge in [-0.3, -0.25) is 14.4 Å². The van der Waals surface area contributed by atoms with Crippen LogP contribution in [-0.4, -0.2) is 24.2 Å². The van der Waals surface area contributed by atoms with Crippen LogP contribution in [-0.2, 0) is 14.3 Å². The summed E-state index contributed by atoms with van der Waals surface area (Å²) in [6, 6.07) is 14.2. The summed E-state index contributed by atoms with van der Waals surface area (Å²) in [5, 5.41) is 0. The molecular formula is C21H19NO4. The van der Waals surface area contributed by atoms with Crippen molar-refractivity contribution in [1.82, 2.24) is 0 Å². The lowest BCUT2D eigenvalue weighted by molar-refractivity contribution is -0.122. The topological polar surface area (TPSA) is 63.7 Å². The van der Waals surface area contributed by atoms with Gasteiger partial charge in [0.1, 0.15) is 5.76 Å². The SMILES string of the molecule is CCO/C(=C1\C(=O)N(C(C)=O)c2ccc(C(C)=O)cc21)c1ccccc1. The Kier molecular flexibility index (Phi) is 4.71. The van der Waals surface area contributed by atoms with Crippen molar-refractivity contribution >= 4 is 34.6 Å². The molecular weight excluding hydrogens is 330 g/mol. The zero-order valence-electron chi connectivity index (χ0n) is 14.9. The zero-order valence-corrected chi connectivity index (χ0v) is 14.9. The highest BCUT2D eigenvalue weighted by Gasteiger charge is 2.38. The van der Waals surface area contributed by atoms with E-state index in [1.807, 2.05) is 37.3 Å². The maximum atomic E-state index is 13.1. The number of rotatable bonds is 4. The third kappa shape index (κ3) is 2.92. The molecule has 0 spiro atoms. The molecule has 0 bridgehead atoms. The van der Waals surface area contributed by atoms with Crippen molar-refractivity contribution in [1.29, 1.82) is 0 Å². The van der Waals surface area contributed by atoms with Gasteiger partial charge in [0, 0.05) is 23.6 Å². The number of carbonyl (C=O) groups excluding carboxylic acids is 3. The third-order valence-corrected chi connectivity index (χ3v) is 4.20. The van der Waals surface area contributed by atoms with Gasteiger partial charge in [0.2, 0.25) is 5.91 Å². The molecule has 0 fully saturated rings. The lowest BCUT2D eigenvalue weighted by Gasteiger charge is -2.13. The van der Waals surface area contributed by atoms with E-state index in [0.29, 0.717) is 34.8 Å². The highest BCUT2D eigenvalue weighted by molar-refractivity contribution is 6.43. The first-order valence-electron chi connectivity index (χ1n) is 8.38. The lowest BCUT2D eigenvalue weighted by atomic mass is 9.99. The molecule has 2 amide bonds. The standard InChI is InChI=1S/C21H19NO4/c1-4-26-20(15-8-6-5-7-9-15)19-17-12-16(13(2)23)10-11-18(17)22(14(3)24)21(19)25/h5-12H,4H2,1-3H3/b20-19-. The highest BCUT2D eigenvalue weighted by Crippen LogP contribution is 2.41. The van der Waals surface area contributed by atoms with E-state index in [4.69, 9.17) is 4.74 Å². The number of ether oxygens (including phenoxy) is 1. The predicted octanol–water partition coefficient (Wildman–Crippen LogP) is 3.69. The smallest absolute Gasteiger partial charge is 0.269 e. The molecule has 26 heavy (non-hydrogen) atoms. The van der Waals surface area contributed by atoms with E-state index in [2.05, 4.69) is 0 Å². The number of fused-ring (bicyclic) bond motifs is 1. The average Bonchev–Trinajstić information content (AvgIpc) is 2.91. The van der Waals surface area contributed by atoms with Crippen LogP contribution in [0.15, 0.2) is 48.5 Å². The van der Waals surface area contributed by atoms with E-state index in [9.17, 15) is 14.4 Å². The Balaban J connectivity index is 2.33. The molecule has 1 heterocycles. The zero-order chi connectivity index (χ0) is 18.8. The first kappa shape index (κ1) is 17.6. The summed E-state index contributed by atoms with van der Waals surface area (Å²) in [6.45, 7) is 5.00. The minimum Gasteiger partial charge on any atom is -0.492 e. The summed E-state index contributed by atoms with van der Waals surface area (Å²) in [5.41, 5.74) is 2.51. The van der Waals surface area contributed by atoms with E-state index in [0.717, 1.165) is 10.5 Å². The second-order valence-electron chi connectivity index (χ2n) is 5.95. The predicted molar refractivity (Wildman–Crippen MR) is 99.5 cm³/mol. The van der Waals surface area contributed by atoms with Gasteiger partial charge >= 0.3 is 0 Å². The third-order valence-electron chi connectivity index (χ3n) is 4.20. The van der Waals surface area contributed by atoms with Gasteiger partial charge < -0.3 is 4.74 Å². The molecule has 0 radical (unpaired) electrons. The van der Waals surface area contributed by atoms with Crippen molar-refractivity contribution in [3.8, 4) is 0 Å². The number of nitrogens with zero attached hydrogens (tertiary/aromatic N) is 1. The van der Waals surface area contributed by atoms with E-state index < -0.39 is 5.91 Å². The van der Waals surface area contributed by atoms with Gasteiger partial charge in [-0.15, -0.1) is 0 Å². The van der Waals surface area contributed by atoms with E-state index in [-0.39, 0.29) is 11.7 Å². The number of hydrogen-bond acceptors (Lipinski definition) is 4. The molecule has 1 aliphatic heterocycles. The minimum absolute atomic E-state index is 0.112. The van der Waals surface area contributed by atoms with Crippen molar-refractivity contribution in [2.75, 3.05) is 11.5 Å². The quantitative estimate of drug-likeness (QED) is 0.480. The number of carbonyl (C=O) groups is 3. The molecule has 3 rings (SSSR count). The Morgan fingerprint density at radius 3 is 2.27 bits per heavy atom. The number of imide groups is 1. The van der Waals surface area contributed by atoms with E-state index in [1.54, 1.807) is 18.2 Å². The van der Waals surface area contributed by atoms with Gasteiger partial charge in [-0.05, 0) is 32.0 Å². The molecule has 2 aromatic rings. The summed E-state index contributed by atoms with van der Waals surface area (Å²) in [6.07, 6.45) is 0. The number of hydrogen-bond donors (Lipinski definition) is 0. The molecule has 0 aromatic heterocycles. The average molecular weight is 349 g/mol. The van der Waals surface area contributed by atoms with E-state index in [1.165, 1.54) is 13.8 Å². The Bertz CT molecular complexity index is 928. The van der Waals surface area contributed by atoms with Crippen LogP contribution in [0, 0.1) is 0 Å². The van der Waals surface area contributed by atoms with Crippen LogP contribution in [0.5, 0.6) is 0 Å². The molecule has 2 aromatic carbocycles. The van der Waals surface area contributed by atoms with Crippen molar-refractivity contribution < 1.29 is 19.1 Å². The van der Waals surface area contributed by atoms with Crippen molar-refractivity contribution in [2.24, 2.45) is 0 Å². The molecule has 0 unspecified atom stereocenters. The molecule has 1 aliphatic rings. The maximum absolute atomic E-state index is 13.1. The number of ketones is 1. The Labute approximate surface area is 151 Å². The van der Waals surface area contributed by atoms with Crippen LogP contribution < -0.4 is 4.90 Å². The van der Waals surface area contributed by atoms with Crippen LogP contribution >= 0.6 is 0 Å². The lowest BCUT2D eigenvalue weighted by Crippen LogP contribution is -2.31. The molecule has 132 valence electrons. The fraction of sp³-hybridized carbons (Fsp3) is 0.190. The molecule has 5 nitrogen and oxygen atoms in total. The Morgan fingerprint density at radius 2 is 1.69 bits per heavy atom. The summed E-state index contributed by atoms with van der Waals surface area (Å²) in [4.78, 5) is 38.1. The molecule has 0 N–H and O–H groups in total.